The van der Waals surface area contributed by atoms with E-state index in [1.54, 1.807) is 34.9 Å². The van der Waals surface area contributed by atoms with Crippen LogP contribution < -0.4 is 10.6 Å². The molecular formula is C24H18ClF2N5O2S. The summed E-state index contributed by atoms with van der Waals surface area (Å²) in [5, 5.41) is 14.3. The molecule has 0 fully saturated rings. The van der Waals surface area contributed by atoms with E-state index in [-0.39, 0.29) is 23.5 Å². The first-order valence-corrected chi connectivity index (χ1v) is 11.7. The minimum atomic E-state index is -0.538. The Hall–Kier alpha value is -3.76. The maximum absolute atomic E-state index is 13.8. The summed E-state index contributed by atoms with van der Waals surface area (Å²) in [6.45, 7) is -0.0170. The zero-order chi connectivity index (χ0) is 24.8. The summed E-state index contributed by atoms with van der Waals surface area (Å²) in [5.74, 6) is -1.67. The van der Waals surface area contributed by atoms with E-state index in [1.807, 2.05) is 0 Å². The number of benzene rings is 3. The van der Waals surface area contributed by atoms with Crippen LogP contribution >= 0.6 is 23.4 Å². The highest BCUT2D eigenvalue weighted by Gasteiger charge is 2.18. The van der Waals surface area contributed by atoms with Crippen LogP contribution in [0.3, 0.4) is 0 Å². The molecule has 0 bridgehead atoms. The minimum Gasteiger partial charge on any atom is -0.345 e. The first-order valence-electron chi connectivity index (χ1n) is 10.3. The number of para-hydroxylation sites is 1. The summed E-state index contributed by atoms with van der Waals surface area (Å²) < 4.78 is 28.9. The van der Waals surface area contributed by atoms with E-state index in [1.165, 1.54) is 36.4 Å². The zero-order valence-electron chi connectivity index (χ0n) is 18.0. The molecule has 0 radical (unpaired) electrons. The van der Waals surface area contributed by atoms with Gasteiger partial charge in [-0.15, -0.1) is 10.2 Å². The van der Waals surface area contributed by atoms with Crippen LogP contribution in [-0.2, 0) is 11.3 Å². The molecule has 1 aromatic heterocycles. The Labute approximate surface area is 208 Å². The summed E-state index contributed by atoms with van der Waals surface area (Å²) in [6.07, 6.45) is 0. The van der Waals surface area contributed by atoms with Crippen molar-refractivity contribution in [3.05, 3.63) is 101 Å². The van der Waals surface area contributed by atoms with Crippen LogP contribution in [0.25, 0.3) is 5.69 Å². The van der Waals surface area contributed by atoms with Crippen molar-refractivity contribution >= 4 is 40.9 Å². The van der Waals surface area contributed by atoms with E-state index >= 15 is 0 Å². The van der Waals surface area contributed by atoms with Gasteiger partial charge < -0.3 is 10.6 Å². The number of amides is 2. The number of nitrogens with zero attached hydrogens (tertiary/aromatic N) is 3. The molecule has 0 spiro atoms. The van der Waals surface area contributed by atoms with E-state index in [2.05, 4.69) is 20.8 Å². The van der Waals surface area contributed by atoms with E-state index < -0.39 is 23.4 Å². The first-order chi connectivity index (χ1) is 16.9. The van der Waals surface area contributed by atoms with Crippen LogP contribution in [0, 0.1) is 11.6 Å². The molecule has 11 heteroatoms. The van der Waals surface area contributed by atoms with Gasteiger partial charge in [-0.3, -0.25) is 14.2 Å². The van der Waals surface area contributed by atoms with Gasteiger partial charge in [-0.25, -0.2) is 8.78 Å². The normalized spacial score (nSPS) is 10.7. The Morgan fingerprint density at radius 3 is 2.54 bits per heavy atom. The van der Waals surface area contributed by atoms with Crippen molar-refractivity contribution < 1.29 is 18.4 Å². The van der Waals surface area contributed by atoms with Crippen LogP contribution in [-0.4, -0.2) is 32.3 Å². The lowest BCUT2D eigenvalue weighted by atomic mass is 10.2. The Morgan fingerprint density at radius 1 is 0.971 bits per heavy atom. The van der Waals surface area contributed by atoms with Gasteiger partial charge in [0.15, 0.2) is 11.0 Å². The van der Waals surface area contributed by atoms with E-state index in [0.717, 1.165) is 17.8 Å². The smallest absolute Gasteiger partial charge is 0.251 e. The fourth-order valence-corrected chi connectivity index (χ4v) is 4.11. The molecule has 2 N–H and O–H groups in total. The number of carbonyl (C=O) groups excluding carboxylic acids is 2. The number of anilines is 1. The monoisotopic (exact) mass is 513 g/mol. The second-order valence-electron chi connectivity index (χ2n) is 7.22. The standard InChI is InChI=1S/C24H18ClF2N5O2S/c25-16-6-4-8-18(12-16)32-21(13-28-23(34)15-5-3-7-17(26)11-15)30-31-24(32)35-14-22(33)29-20-10-2-1-9-19(20)27/h1-12H,13-14H2,(H,28,34)(H,29,33). The Kier molecular flexibility index (Phi) is 7.74. The fourth-order valence-electron chi connectivity index (χ4n) is 3.15. The Morgan fingerprint density at radius 2 is 1.77 bits per heavy atom. The third-order valence-corrected chi connectivity index (χ3v) is 5.90. The van der Waals surface area contributed by atoms with E-state index in [0.29, 0.717) is 21.7 Å². The molecule has 0 saturated heterocycles. The van der Waals surface area contributed by atoms with Gasteiger partial charge in [-0.05, 0) is 48.5 Å². The topological polar surface area (TPSA) is 88.9 Å². The highest BCUT2D eigenvalue weighted by molar-refractivity contribution is 7.99. The van der Waals surface area contributed by atoms with Gasteiger partial charge in [0.25, 0.3) is 5.91 Å². The van der Waals surface area contributed by atoms with Gasteiger partial charge in [0, 0.05) is 10.6 Å². The average Bonchev–Trinajstić information content (AvgIpc) is 3.25. The molecule has 3 aromatic carbocycles. The maximum Gasteiger partial charge on any atom is 0.251 e. The molecule has 0 aliphatic heterocycles. The van der Waals surface area contributed by atoms with Gasteiger partial charge in [0.1, 0.15) is 11.6 Å². The number of thioether (sulfide) groups is 1. The van der Waals surface area contributed by atoms with Crippen LogP contribution in [0.15, 0.2) is 78.0 Å². The predicted molar refractivity (Wildman–Crippen MR) is 130 cm³/mol. The first kappa shape index (κ1) is 24.4. The molecule has 178 valence electrons. The molecule has 7 nitrogen and oxygen atoms in total. The number of halogens is 3. The lowest BCUT2D eigenvalue weighted by Crippen LogP contribution is -2.24. The number of aromatic nitrogens is 3. The SMILES string of the molecule is O=C(CSc1nnc(CNC(=O)c2cccc(F)c2)n1-c1cccc(Cl)c1)Nc1ccccc1F. The second kappa shape index (κ2) is 11.1. The molecular weight excluding hydrogens is 496 g/mol. The molecule has 2 amide bonds. The molecule has 4 rings (SSSR count). The van der Waals surface area contributed by atoms with Crippen LogP contribution in [0.1, 0.15) is 16.2 Å². The molecule has 0 aliphatic rings. The van der Waals surface area contributed by atoms with Gasteiger partial charge in [-0.2, -0.15) is 0 Å². The number of hydrogen-bond donors (Lipinski definition) is 2. The quantitative estimate of drug-likeness (QED) is 0.328. The van der Waals surface area contributed by atoms with Gasteiger partial charge in [0.2, 0.25) is 5.91 Å². The molecule has 35 heavy (non-hydrogen) atoms. The molecule has 0 atom stereocenters. The summed E-state index contributed by atoms with van der Waals surface area (Å²) in [5.41, 5.74) is 0.864. The van der Waals surface area contributed by atoms with Crippen LogP contribution in [0.2, 0.25) is 5.02 Å². The summed E-state index contributed by atoms with van der Waals surface area (Å²) in [7, 11) is 0. The molecule has 1 heterocycles. The number of nitrogens with one attached hydrogen (secondary N) is 2. The number of rotatable bonds is 8. The van der Waals surface area contributed by atoms with E-state index in [4.69, 9.17) is 11.6 Å². The molecule has 0 unspecified atom stereocenters. The van der Waals surface area contributed by atoms with Gasteiger partial charge in [0.05, 0.1) is 23.7 Å². The van der Waals surface area contributed by atoms with Crippen molar-refractivity contribution in [2.75, 3.05) is 11.1 Å². The van der Waals surface area contributed by atoms with E-state index in [9.17, 15) is 18.4 Å². The van der Waals surface area contributed by atoms with Gasteiger partial charge in [-0.1, -0.05) is 47.6 Å². The lowest BCUT2D eigenvalue weighted by molar-refractivity contribution is -0.113. The number of hydrogen-bond acceptors (Lipinski definition) is 5. The predicted octanol–water partition coefficient (Wildman–Crippen LogP) is 4.86. The maximum atomic E-state index is 13.8. The third kappa shape index (κ3) is 6.23. The average molecular weight is 514 g/mol. The second-order valence-corrected chi connectivity index (χ2v) is 8.60. The number of carbonyl (C=O) groups is 2. The Balaban J connectivity index is 1.52. The molecule has 0 aliphatic carbocycles. The third-order valence-electron chi connectivity index (χ3n) is 4.74. The largest absolute Gasteiger partial charge is 0.345 e. The highest BCUT2D eigenvalue weighted by Crippen LogP contribution is 2.24. The van der Waals surface area contributed by atoms with Gasteiger partial charge >= 0.3 is 0 Å². The summed E-state index contributed by atoms with van der Waals surface area (Å²) >= 11 is 7.24. The van der Waals surface area contributed by atoms with Crippen molar-refractivity contribution in [2.24, 2.45) is 0 Å². The summed E-state index contributed by atoms with van der Waals surface area (Å²) in [4.78, 5) is 24.8. The highest BCUT2D eigenvalue weighted by atomic mass is 35.5. The van der Waals surface area contributed by atoms with Crippen molar-refractivity contribution in [1.82, 2.24) is 20.1 Å². The molecule has 0 saturated carbocycles. The van der Waals surface area contributed by atoms with Crippen molar-refractivity contribution in [2.45, 2.75) is 11.7 Å². The minimum absolute atomic E-state index is 0.0170. The van der Waals surface area contributed by atoms with Crippen molar-refractivity contribution in [1.29, 1.82) is 0 Å². The van der Waals surface area contributed by atoms with Crippen LogP contribution in [0.4, 0.5) is 14.5 Å². The lowest BCUT2D eigenvalue weighted by Gasteiger charge is -2.12. The Bertz CT molecular complexity index is 1380. The van der Waals surface area contributed by atoms with Crippen LogP contribution in [0.5, 0.6) is 0 Å². The molecule has 4 aromatic rings. The summed E-state index contributed by atoms with van der Waals surface area (Å²) in [6, 6.07) is 18.1. The van der Waals surface area contributed by atoms with Crippen molar-refractivity contribution in [3.8, 4) is 5.69 Å². The fraction of sp³-hybridized carbons (Fsp3) is 0.0833. The van der Waals surface area contributed by atoms with Crippen molar-refractivity contribution in [3.63, 3.8) is 0 Å². The zero-order valence-corrected chi connectivity index (χ0v) is 19.6.